The Hall–Kier alpha value is -1.60. The number of amides is 2. The predicted octanol–water partition coefficient (Wildman–Crippen LogP) is 1.82. The van der Waals surface area contributed by atoms with E-state index in [9.17, 15) is 18.3 Å². The lowest BCUT2D eigenvalue weighted by Crippen LogP contribution is -2.41. The van der Waals surface area contributed by atoms with Gasteiger partial charge in [0.25, 0.3) is 0 Å². The van der Waals surface area contributed by atoms with Crippen LogP contribution in [0.2, 0.25) is 0 Å². The molecule has 0 atom stereocenters. The minimum Gasteiger partial charge on any atom is -0.393 e. The van der Waals surface area contributed by atoms with Crippen LogP contribution in [0.1, 0.15) is 31.2 Å². The van der Waals surface area contributed by atoms with Crippen LogP contribution in [-0.4, -0.2) is 38.0 Å². The first-order chi connectivity index (χ1) is 10.3. The van der Waals surface area contributed by atoms with Gasteiger partial charge < -0.3 is 15.7 Å². The second-order valence-corrected chi connectivity index (χ2v) is 7.87. The Morgan fingerprint density at radius 3 is 2.45 bits per heavy atom. The summed E-state index contributed by atoms with van der Waals surface area (Å²) in [5.41, 5.74) is 1.28. The van der Waals surface area contributed by atoms with Crippen molar-refractivity contribution in [3.8, 4) is 0 Å². The zero-order valence-corrected chi connectivity index (χ0v) is 13.6. The highest BCUT2D eigenvalue weighted by molar-refractivity contribution is 7.90. The second-order valence-electron chi connectivity index (χ2n) is 5.85. The molecule has 0 heterocycles. The van der Waals surface area contributed by atoms with Crippen molar-refractivity contribution in [1.29, 1.82) is 0 Å². The Labute approximate surface area is 130 Å². The molecule has 0 aromatic heterocycles. The summed E-state index contributed by atoms with van der Waals surface area (Å²) in [6.45, 7) is 1.80. The number of sulfone groups is 1. The molecule has 0 unspecified atom stereocenters. The molecule has 1 aliphatic carbocycles. The lowest BCUT2D eigenvalue weighted by Gasteiger charge is -2.26. The summed E-state index contributed by atoms with van der Waals surface area (Å²) in [5, 5.41) is 15.0. The Bertz CT molecular complexity index is 650. The number of carbonyl (C=O) groups excluding carboxylic acids is 1. The van der Waals surface area contributed by atoms with Crippen LogP contribution in [0.15, 0.2) is 23.1 Å². The van der Waals surface area contributed by atoms with Gasteiger partial charge in [-0.1, -0.05) is 6.07 Å². The molecule has 3 N–H and O–H groups in total. The van der Waals surface area contributed by atoms with E-state index < -0.39 is 9.84 Å². The van der Waals surface area contributed by atoms with Crippen LogP contribution in [0, 0.1) is 6.92 Å². The van der Waals surface area contributed by atoms with E-state index in [2.05, 4.69) is 10.6 Å². The van der Waals surface area contributed by atoms with Crippen LogP contribution in [-0.2, 0) is 9.84 Å². The van der Waals surface area contributed by atoms with Crippen molar-refractivity contribution in [2.45, 2.75) is 49.6 Å². The smallest absolute Gasteiger partial charge is 0.319 e. The molecule has 22 heavy (non-hydrogen) atoms. The lowest BCUT2D eigenvalue weighted by molar-refractivity contribution is 0.118. The minimum absolute atomic E-state index is 0.0433. The van der Waals surface area contributed by atoms with Gasteiger partial charge in [0.2, 0.25) is 0 Å². The highest BCUT2D eigenvalue weighted by atomic mass is 32.2. The van der Waals surface area contributed by atoms with E-state index in [1.54, 1.807) is 13.0 Å². The van der Waals surface area contributed by atoms with Crippen LogP contribution in [0.5, 0.6) is 0 Å². The van der Waals surface area contributed by atoms with Crippen molar-refractivity contribution in [2.75, 3.05) is 11.6 Å². The number of anilines is 1. The molecule has 1 fully saturated rings. The maximum Gasteiger partial charge on any atom is 0.319 e. The van der Waals surface area contributed by atoms with Crippen molar-refractivity contribution >= 4 is 21.6 Å². The fourth-order valence-electron chi connectivity index (χ4n) is 2.53. The zero-order chi connectivity index (χ0) is 16.3. The zero-order valence-electron chi connectivity index (χ0n) is 12.8. The summed E-state index contributed by atoms with van der Waals surface area (Å²) in [5.74, 6) is 0. The average Bonchev–Trinajstić information content (AvgIpc) is 2.42. The first-order valence-electron chi connectivity index (χ1n) is 7.32. The van der Waals surface area contributed by atoms with Crippen LogP contribution in [0.3, 0.4) is 0 Å². The molecule has 0 saturated heterocycles. The summed E-state index contributed by atoms with van der Waals surface area (Å²) in [4.78, 5) is 12.2. The number of benzene rings is 1. The molecule has 0 bridgehead atoms. The molecule has 1 aromatic carbocycles. The molecule has 1 aliphatic rings. The maximum absolute atomic E-state index is 12.0. The van der Waals surface area contributed by atoms with E-state index in [1.807, 2.05) is 0 Å². The van der Waals surface area contributed by atoms with Crippen molar-refractivity contribution in [2.24, 2.45) is 0 Å². The molecular formula is C15H22N2O4S. The summed E-state index contributed by atoms with van der Waals surface area (Å²) in [6.07, 6.45) is 3.74. The SMILES string of the molecule is Cc1ccc(S(C)(=O)=O)cc1NC(=O)NC1CCC(O)CC1. The Morgan fingerprint density at radius 1 is 1.23 bits per heavy atom. The Kier molecular flexibility index (Phi) is 5.08. The molecule has 2 amide bonds. The minimum atomic E-state index is -3.31. The average molecular weight is 326 g/mol. The van der Waals surface area contributed by atoms with Crippen LogP contribution < -0.4 is 10.6 Å². The highest BCUT2D eigenvalue weighted by Crippen LogP contribution is 2.21. The molecular weight excluding hydrogens is 304 g/mol. The van der Waals surface area contributed by atoms with Gasteiger partial charge in [-0.15, -0.1) is 0 Å². The van der Waals surface area contributed by atoms with Gasteiger partial charge in [0, 0.05) is 18.0 Å². The van der Waals surface area contributed by atoms with Gasteiger partial charge in [-0.25, -0.2) is 13.2 Å². The Balaban J connectivity index is 2.02. The van der Waals surface area contributed by atoms with Gasteiger partial charge in [-0.3, -0.25) is 0 Å². The van der Waals surface area contributed by atoms with Crippen LogP contribution >= 0.6 is 0 Å². The lowest BCUT2D eigenvalue weighted by atomic mass is 9.93. The number of aryl methyl sites for hydroxylation is 1. The van der Waals surface area contributed by atoms with Crippen molar-refractivity contribution in [3.63, 3.8) is 0 Å². The first kappa shape index (κ1) is 16.8. The van der Waals surface area contributed by atoms with E-state index in [-0.39, 0.29) is 23.1 Å². The summed E-state index contributed by atoms with van der Waals surface area (Å²) >= 11 is 0. The van der Waals surface area contributed by atoms with Gasteiger partial charge in [0.1, 0.15) is 0 Å². The summed E-state index contributed by atoms with van der Waals surface area (Å²) in [7, 11) is -3.31. The summed E-state index contributed by atoms with van der Waals surface area (Å²) in [6, 6.07) is 4.35. The molecule has 1 aromatic rings. The van der Waals surface area contributed by atoms with E-state index in [1.165, 1.54) is 12.1 Å². The number of carbonyl (C=O) groups is 1. The molecule has 0 spiro atoms. The number of aliphatic hydroxyl groups excluding tert-OH is 1. The number of hydrogen-bond donors (Lipinski definition) is 3. The number of rotatable bonds is 3. The quantitative estimate of drug-likeness (QED) is 0.789. The van der Waals surface area contributed by atoms with E-state index >= 15 is 0 Å². The van der Waals surface area contributed by atoms with Gasteiger partial charge in [0.15, 0.2) is 9.84 Å². The molecule has 122 valence electrons. The topological polar surface area (TPSA) is 95.5 Å². The third-order valence-electron chi connectivity index (χ3n) is 3.92. The van der Waals surface area contributed by atoms with E-state index in [0.29, 0.717) is 18.5 Å². The van der Waals surface area contributed by atoms with Gasteiger partial charge >= 0.3 is 6.03 Å². The molecule has 1 saturated carbocycles. The molecule has 6 nitrogen and oxygen atoms in total. The number of urea groups is 1. The normalized spacial score (nSPS) is 22.1. The third-order valence-corrected chi connectivity index (χ3v) is 5.03. The molecule has 2 rings (SSSR count). The van der Waals surface area contributed by atoms with E-state index in [0.717, 1.165) is 24.7 Å². The molecule has 0 radical (unpaired) electrons. The third kappa shape index (κ3) is 4.45. The number of aliphatic hydroxyl groups is 1. The van der Waals surface area contributed by atoms with Crippen LogP contribution in [0.25, 0.3) is 0 Å². The largest absolute Gasteiger partial charge is 0.393 e. The summed E-state index contributed by atoms with van der Waals surface area (Å²) < 4.78 is 23.2. The molecule has 0 aliphatic heterocycles. The van der Waals surface area contributed by atoms with Crippen LogP contribution in [0.4, 0.5) is 10.5 Å². The van der Waals surface area contributed by atoms with Crippen molar-refractivity contribution in [1.82, 2.24) is 5.32 Å². The van der Waals surface area contributed by atoms with Gasteiger partial charge in [0.05, 0.1) is 11.0 Å². The number of hydrogen-bond acceptors (Lipinski definition) is 4. The second kappa shape index (κ2) is 6.66. The maximum atomic E-state index is 12.0. The predicted molar refractivity (Wildman–Crippen MR) is 84.7 cm³/mol. The van der Waals surface area contributed by atoms with Crippen molar-refractivity contribution in [3.05, 3.63) is 23.8 Å². The Morgan fingerprint density at radius 2 is 1.86 bits per heavy atom. The molecule has 7 heteroatoms. The van der Waals surface area contributed by atoms with Gasteiger partial charge in [-0.2, -0.15) is 0 Å². The highest BCUT2D eigenvalue weighted by Gasteiger charge is 2.21. The standard InChI is InChI=1S/C15H22N2O4S/c1-10-3-8-13(22(2,20)21)9-14(10)17-15(19)16-11-4-6-12(18)7-5-11/h3,8-9,11-12,18H,4-7H2,1-2H3,(H2,16,17,19). The monoisotopic (exact) mass is 326 g/mol. The van der Waals surface area contributed by atoms with Crippen molar-refractivity contribution < 1.29 is 18.3 Å². The van der Waals surface area contributed by atoms with E-state index in [4.69, 9.17) is 0 Å². The first-order valence-corrected chi connectivity index (χ1v) is 9.21. The number of nitrogens with one attached hydrogen (secondary N) is 2. The fourth-order valence-corrected chi connectivity index (χ4v) is 3.18. The van der Waals surface area contributed by atoms with Gasteiger partial charge in [-0.05, 0) is 50.3 Å². The fraction of sp³-hybridized carbons (Fsp3) is 0.533.